The van der Waals surface area contributed by atoms with Gasteiger partial charge in [0.1, 0.15) is 5.82 Å². The van der Waals surface area contributed by atoms with E-state index in [9.17, 15) is 0 Å². The van der Waals surface area contributed by atoms with E-state index in [1.165, 1.54) is 0 Å². The van der Waals surface area contributed by atoms with Gasteiger partial charge in [-0.1, -0.05) is 6.92 Å². The van der Waals surface area contributed by atoms with Crippen molar-refractivity contribution in [3.8, 4) is 0 Å². The summed E-state index contributed by atoms with van der Waals surface area (Å²) in [5.41, 5.74) is 8.80. The third kappa shape index (κ3) is 2.25. The fraction of sp³-hybridized carbons (Fsp3) is 0.455. The maximum atomic E-state index is 6.02. The average Bonchev–Trinajstić information content (AvgIpc) is 2.82. The van der Waals surface area contributed by atoms with Gasteiger partial charge in [0.2, 0.25) is 0 Å². The van der Waals surface area contributed by atoms with E-state index in [0.717, 1.165) is 29.2 Å². The van der Waals surface area contributed by atoms with Crippen LogP contribution in [0.3, 0.4) is 0 Å². The minimum Gasteiger partial charge on any atom is -0.394 e. The molecule has 3 N–H and O–H groups in total. The fourth-order valence-electron chi connectivity index (χ4n) is 1.82. The quantitative estimate of drug-likeness (QED) is 0.824. The Morgan fingerprint density at radius 2 is 2.18 bits per heavy atom. The number of hydrogen-bond donors (Lipinski definition) is 2. The number of nitrogens with two attached hydrogens (primary N) is 1. The summed E-state index contributed by atoms with van der Waals surface area (Å²) in [6.45, 7) is 2.74. The number of nitrogen functional groups attached to an aromatic ring is 1. The van der Waals surface area contributed by atoms with Crippen molar-refractivity contribution >= 4 is 11.5 Å². The summed E-state index contributed by atoms with van der Waals surface area (Å²) in [7, 11) is 3.79. The zero-order chi connectivity index (χ0) is 12.4. The summed E-state index contributed by atoms with van der Waals surface area (Å²) in [5.74, 6) is 0.866. The van der Waals surface area contributed by atoms with Crippen molar-refractivity contribution in [3.05, 3.63) is 23.7 Å². The van der Waals surface area contributed by atoms with Gasteiger partial charge < -0.3 is 11.1 Å². The lowest BCUT2D eigenvalue weighted by molar-refractivity contribution is 0.747. The summed E-state index contributed by atoms with van der Waals surface area (Å²) in [6, 6.07) is 0. The molecule has 0 aliphatic heterocycles. The summed E-state index contributed by atoms with van der Waals surface area (Å²) in [6.07, 6.45) is 4.65. The number of rotatable bonds is 4. The molecular formula is C11H18N6. The minimum atomic E-state index is 0.695. The summed E-state index contributed by atoms with van der Waals surface area (Å²) in [5, 5.41) is 11.8. The van der Waals surface area contributed by atoms with E-state index in [1.807, 2.05) is 33.4 Å². The van der Waals surface area contributed by atoms with Crippen LogP contribution >= 0.6 is 0 Å². The average molecular weight is 234 g/mol. The second kappa shape index (κ2) is 4.48. The number of aromatic nitrogens is 4. The highest BCUT2D eigenvalue weighted by Crippen LogP contribution is 2.22. The van der Waals surface area contributed by atoms with Gasteiger partial charge >= 0.3 is 0 Å². The van der Waals surface area contributed by atoms with Crippen LogP contribution < -0.4 is 11.1 Å². The number of hydrogen-bond acceptors (Lipinski definition) is 4. The van der Waals surface area contributed by atoms with Crippen molar-refractivity contribution in [1.82, 2.24) is 19.6 Å². The number of anilines is 2. The Kier molecular flexibility index (Phi) is 3.03. The zero-order valence-electron chi connectivity index (χ0n) is 10.4. The Morgan fingerprint density at radius 1 is 1.41 bits per heavy atom. The van der Waals surface area contributed by atoms with Crippen LogP contribution in [0.5, 0.6) is 0 Å². The van der Waals surface area contributed by atoms with E-state index in [4.69, 9.17) is 5.73 Å². The predicted octanol–water partition coefficient (Wildman–Crippen LogP) is 0.910. The van der Waals surface area contributed by atoms with Crippen LogP contribution in [0.15, 0.2) is 12.4 Å². The smallest absolute Gasteiger partial charge is 0.148 e. The molecule has 0 aliphatic rings. The molecule has 0 radical (unpaired) electrons. The van der Waals surface area contributed by atoms with Crippen molar-refractivity contribution in [2.45, 2.75) is 19.9 Å². The molecule has 0 unspecified atom stereocenters. The SMILES string of the molecule is CCc1nn(C)c(NCc2cnn(C)c2)c1N. The molecular weight excluding hydrogens is 216 g/mol. The van der Waals surface area contributed by atoms with E-state index < -0.39 is 0 Å². The lowest BCUT2D eigenvalue weighted by atomic mass is 10.3. The zero-order valence-corrected chi connectivity index (χ0v) is 10.4. The Morgan fingerprint density at radius 3 is 2.71 bits per heavy atom. The summed E-state index contributed by atoms with van der Waals surface area (Å²) in [4.78, 5) is 0. The largest absolute Gasteiger partial charge is 0.394 e. The van der Waals surface area contributed by atoms with Gasteiger partial charge in [-0.25, -0.2) is 0 Å². The topological polar surface area (TPSA) is 73.7 Å². The molecule has 6 nitrogen and oxygen atoms in total. The molecule has 6 heteroatoms. The molecule has 0 amide bonds. The normalized spacial score (nSPS) is 10.8. The van der Waals surface area contributed by atoms with Crippen LogP contribution in [0, 0.1) is 0 Å². The molecule has 17 heavy (non-hydrogen) atoms. The van der Waals surface area contributed by atoms with E-state index in [-0.39, 0.29) is 0 Å². The first-order chi connectivity index (χ1) is 8.11. The Hall–Kier alpha value is -1.98. The standard InChI is InChI=1S/C11H18N6/c1-4-9-10(12)11(17(3)15-9)13-5-8-6-14-16(2)7-8/h6-7,13H,4-5,12H2,1-3H3. The van der Waals surface area contributed by atoms with Crippen LogP contribution in [0.4, 0.5) is 11.5 Å². The number of nitrogens with zero attached hydrogens (tertiary/aromatic N) is 4. The van der Waals surface area contributed by atoms with Gasteiger partial charge in [-0.05, 0) is 6.42 Å². The predicted molar refractivity (Wildman–Crippen MR) is 67.5 cm³/mol. The van der Waals surface area contributed by atoms with Crippen LogP contribution in [0.2, 0.25) is 0 Å². The summed E-state index contributed by atoms with van der Waals surface area (Å²) < 4.78 is 3.56. The van der Waals surface area contributed by atoms with Crippen molar-refractivity contribution in [3.63, 3.8) is 0 Å². The molecule has 2 heterocycles. The Balaban J connectivity index is 2.11. The molecule has 0 atom stereocenters. The Labute approximate surface area is 100 Å². The van der Waals surface area contributed by atoms with Gasteiger partial charge in [-0.15, -0.1) is 0 Å². The third-order valence-electron chi connectivity index (χ3n) is 2.71. The third-order valence-corrected chi connectivity index (χ3v) is 2.71. The summed E-state index contributed by atoms with van der Waals surface area (Å²) >= 11 is 0. The first-order valence-corrected chi connectivity index (χ1v) is 5.64. The van der Waals surface area contributed by atoms with Gasteiger partial charge in [0.05, 0.1) is 17.6 Å². The Bertz CT molecular complexity index is 510. The van der Waals surface area contributed by atoms with Gasteiger partial charge in [0.25, 0.3) is 0 Å². The molecule has 92 valence electrons. The monoisotopic (exact) mass is 234 g/mol. The van der Waals surface area contributed by atoms with E-state index in [2.05, 4.69) is 15.5 Å². The molecule has 0 aromatic carbocycles. The highest BCUT2D eigenvalue weighted by Gasteiger charge is 2.11. The second-order valence-corrected chi connectivity index (χ2v) is 4.06. The van der Waals surface area contributed by atoms with Crippen molar-refractivity contribution in [2.75, 3.05) is 11.1 Å². The van der Waals surface area contributed by atoms with Crippen LogP contribution in [-0.2, 0) is 27.1 Å². The van der Waals surface area contributed by atoms with Crippen molar-refractivity contribution < 1.29 is 0 Å². The first-order valence-electron chi connectivity index (χ1n) is 5.64. The van der Waals surface area contributed by atoms with E-state index in [1.54, 1.807) is 9.36 Å². The van der Waals surface area contributed by atoms with Gasteiger partial charge in [0, 0.05) is 32.4 Å². The second-order valence-electron chi connectivity index (χ2n) is 4.06. The van der Waals surface area contributed by atoms with Crippen LogP contribution in [-0.4, -0.2) is 19.6 Å². The molecule has 0 bridgehead atoms. The molecule has 2 rings (SSSR count). The van der Waals surface area contributed by atoms with Crippen LogP contribution in [0.25, 0.3) is 0 Å². The minimum absolute atomic E-state index is 0.695. The van der Waals surface area contributed by atoms with E-state index >= 15 is 0 Å². The maximum absolute atomic E-state index is 6.02. The highest BCUT2D eigenvalue weighted by atomic mass is 15.3. The van der Waals surface area contributed by atoms with E-state index in [0.29, 0.717) is 6.54 Å². The number of aryl methyl sites for hydroxylation is 3. The lowest BCUT2D eigenvalue weighted by Gasteiger charge is -2.05. The molecule has 2 aromatic rings. The molecule has 0 saturated carbocycles. The lowest BCUT2D eigenvalue weighted by Crippen LogP contribution is -2.05. The van der Waals surface area contributed by atoms with Gasteiger partial charge in [-0.3, -0.25) is 9.36 Å². The molecule has 0 fully saturated rings. The van der Waals surface area contributed by atoms with Crippen LogP contribution in [0.1, 0.15) is 18.2 Å². The molecule has 0 saturated heterocycles. The molecule has 0 aliphatic carbocycles. The fourth-order valence-corrected chi connectivity index (χ4v) is 1.82. The first kappa shape index (κ1) is 11.5. The maximum Gasteiger partial charge on any atom is 0.148 e. The van der Waals surface area contributed by atoms with Crippen molar-refractivity contribution in [1.29, 1.82) is 0 Å². The molecule has 0 spiro atoms. The van der Waals surface area contributed by atoms with Crippen molar-refractivity contribution in [2.24, 2.45) is 14.1 Å². The molecule has 2 aromatic heterocycles. The van der Waals surface area contributed by atoms with Gasteiger partial charge in [-0.2, -0.15) is 10.2 Å². The number of nitrogens with one attached hydrogen (secondary N) is 1. The highest BCUT2D eigenvalue weighted by molar-refractivity contribution is 5.65. The van der Waals surface area contributed by atoms with Gasteiger partial charge in [0.15, 0.2) is 0 Å².